The Balaban J connectivity index is 2.57. The topological polar surface area (TPSA) is 37.5 Å². The van der Waals surface area contributed by atoms with Crippen LogP contribution in [0.5, 0.6) is 0 Å². The summed E-state index contributed by atoms with van der Waals surface area (Å²) in [7, 11) is 0. The van der Waals surface area contributed by atoms with Gasteiger partial charge in [0.15, 0.2) is 5.15 Å². The van der Waals surface area contributed by atoms with Gasteiger partial charge in [-0.15, -0.1) is 0 Å². The largest absolute Gasteiger partial charge is 0.393 e. The van der Waals surface area contributed by atoms with E-state index in [1.165, 1.54) is 0 Å². The van der Waals surface area contributed by atoms with E-state index in [9.17, 15) is 5.11 Å². The number of nitrogens with zero attached hydrogens (tertiary/aromatic N) is 2. The number of hydrogen-bond donors (Lipinski definition) is 1. The lowest BCUT2D eigenvalue weighted by Gasteiger charge is -2.03. The number of fused-ring (bicyclic) bond motifs is 1. The second kappa shape index (κ2) is 4.12. The third-order valence-electron chi connectivity index (χ3n) is 2.11. The van der Waals surface area contributed by atoms with Crippen molar-refractivity contribution in [1.29, 1.82) is 0 Å². The molecule has 0 bridgehead atoms. The smallest absolute Gasteiger partial charge is 0.155 e. The maximum absolute atomic E-state index is 9.32. The van der Waals surface area contributed by atoms with Gasteiger partial charge in [0.05, 0.1) is 11.6 Å². The van der Waals surface area contributed by atoms with Crippen molar-refractivity contribution in [2.75, 3.05) is 0 Å². The van der Waals surface area contributed by atoms with Crippen molar-refractivity contribution in [2.45, 2.75) is 19.4 Å². The van der Waals surface area contributed by atoms with Crippen LogP contribution in [0.25, 0.3) is 5.52 Å². The fourth-order valence-electron chi connectivity index (χ4n) is 1.49. The molecule has 2 aromatic heterocycles. The molecule has 1 unspecified atom stereocenters. The maximum atomic E-state index is 9.32. The number of halogens is 2. The number of imidazole rings is 1. The summed E-state index contributed by atoms with van der Waals surface area (Å²) < 4.78 is 2.85. The average molecular weight is 290 g/mol. The monoisotopic (exact) mass is 288 g/mol. The van der Waals surface area contributed by atoms with E-state index < -0.39 is 6.10 Å². The molecule has 0 aliphatic carbocycles. The van der Waals surface area contributed by atoms with Crippen molar-refractivity contribution in [1.82, 2.24) is 9.38 Å². The van der Waals surface area contributed by atoms with E-state index in [4.69, 9.17) is 11.6 Å². The van der Waals surface area contributed by atoms with Crippen LogP contribution in [0.15, 0.2) is 22.8 Å². The summed E-state index contributed by atoms with van der Waals surface area (Å²) in [4.78, 5) is 4.22. The Morgan fingerprint density at radius 1 is 1.67 bits per heavy atom. The van der Waals surface area contributed by atoms with Crippen LogP contribution in [0, 0.1) is 0 Å². The molecule has 0 spiro atoms. The minimum atomic E-state index is -0.421. The molecule has 0 saturated heterocycles. The van der Waals surface area contributed by atoms with Crippen molar-refractivity contribution >= 4 is 33.0 Å². The van der Waals surface area contributed by atoms with E-state index in [1.54, 1.807) is 6.92 Å². The molecular weight excluding hydrogens is 279 g/mol. The average Bonchev–Trinajstić information content (AvgIpc) is 2.42. The highest BCUT2D eigenvalue weighted by molar-refractivity contribution is 9.10. The summed E-state index contributed by atoms with van der Waals surface area (Å²) in [6.45, 7) is 1.73. The summed E-state index contributed by atoms with van der Waals surface area (Å²) in [6, 6.07) is 3.82. The third-order valence-corrected chi connectivity index (χ3v) is 2.88. The number of aliphatic hydroxyl groups excluding tert-OH is 1. The molecule has 0 aliphatic rings. The molecule has 2 rings (SSSR count). The van der Waals surface area contributed by atoms with Crippen LogP contribution in [-0.4, -0.2) is 20.6 Å². The molecule has 3 nitrogen and oxygen atoms in total. The molecule has 5 heteroatoms. The molecule has 0 saturated carbocycles. The predicted octanol–water partition coefficient (Wildman–Crippen LogP) is 2.67. The van der Waals surface area contributed by atoms with Gasteiger partial charge in [-0.1, -0.05) is 27.5 Å². The SMILES string of the molecule is CC(O)Cc1nc(Cl)c2cc(Br)ccn12. The molecule has 2 heterocycles. The van der Waals surface area contributed by atoms with Crippen molar-refractivity contribution in [2.24, 2.45) is 0 Å². The number of aromatic nitrogens is 2. The Morgan fingerprint density at radius 3 is 3.07 bits per heavy atom. The first kappa shape index (κ1) is 10.9. The number of aliphatic hydroxyl groups is 1. The van der Waals surface area contributed by atoms with Gasteiger partial charge in [0.1, 0.15) is 5.82 Å². The molecule has 1 atom stereocenters. The zero-order valence-electron chi connectivity index (χ0n) is 8.11. The van der Waals surface area contributed by atoms with E-state index in [0.717, 1.165) is 15.8 Å². The van der Waals surface area contributed by atoms with Gasteiger partial charge in [-0.25, -0.2) is 4.98 Å². The van der Waals surface area contributed by atoms with Crippen molar-refractivity contribution < 1.29 is 5.11 Å². The first-order chi connectivity index (χ1) is 7.08. The van der Waals surface area contributed by atoms with Crippen LogP contribution in [0.4, 0.5) is 0 Å². The zero-order valence-corrected chi connectivity index (χ0v) is 10.5. The summed E-state index contributed by atoms with van der Waals surface area (Å²) in [6.07, 6.45) is 1.96. The van der Waals surface area contributed by atoms with Gasteiger partial charge in [-0.3, -0.25) is 0 Å². The second-order valence-electron chi connectivity index (χ2n) is 3.47. The first-order valence-electron chi connectivity index (χ1n) is 4.58. The number of hydrogen-bond acceptors (Lipinski definition) is 2. The molecule has 0 aliphatic heterocycles. The fraction of sp³-hybridized carbons (Fsp3) is 0.300. The Hall–Kier alpha value is -0.580. The number of pyridine rings is 1. The van der Waals surface area contributed by atoms with Crippen LogP contribution >= 0.6 is 27.5 Å². The van der Waals surface area contributed by atoms with E-state index >= 15 is 0 Å². The van der Waals surface area contributed by atoms with Gasteiger partial charge in [-0.05, 0) is 19.1 Å². The summed E-state index contributed by atoms with van der Waals surface area (Å²) in [5.74, 6) is 0.775. The van der Waals surface area contributed by atoms with Crippen molar-refractivity contribution in [3.8, 4) is 0 Å². The standard InChI is InChI=1S/C10H10BrClN2O/c1-6(15)4-9-13-10(12)8-5-7(11)2-3-14(8)9/h2-3,5-6,15H,4H2,1H3. The lowest BCUT2D eigenvalue weighted by molar-refractivity contribution is 0.192. The zero-order chi connectivity index (χ0) is 11.0. The van der Waals surface area contributed by atoms with E-state index in [-0.39, 0.29) is 0 Å². The lowest BCUT2D eigenvalue weighted by Crippen LogP contribution is -2.07. The Morgan fingerprint density at radius 2 is 2.40 bits per heavy atom. The highest BCUT2D eigenvalue weighted by Gasteiger charge is 2.11. The van der Waals surface area contributed by atoms with Crippen LogP contribution in [0.2, 0.25) is 5.15 Å². The predicted molar refractivity (Wildman–Crippen MR) is 63.3 cm³/mol. The van der Waals surface area contributed by atoms with Gasteiger partial charge in [0.2, 0.25) is 0 Å². The highest BCUT2D eigenvalue weighted by atomic mass is 79.9. The Kier molecular flexibility index (Phi) is 3.00. The Labute approximate surface area is 101 Å². The summed E-state index contributed by atoms with van der Waals surface area (Å²) in [5, 5.41) is 9.79. The third kappa shape index (κ3) is 2.17. The minimum Gasteiger partial charge on any atom is -0.393 e. The Bertz CT molecular complexity index is 495. The normalized spacial score (nSPS) is 13.3. The fourth-order valence-corrected chi connectivity index (χ4v) is 2.07. The van der Waals surface area contributed by atoms with Gasteiger partial charge in [0.25, 0.3) is 0 Å². The second-order valence-corrected chi connectivity index (χ2v) is 4.75. The molecule has 1 N–H and O–H groups in total. The molecular formula is C10H10BrClN2O. The van der Waals surface area contributed by atoms with E-state index in [1.807, 2.05) is 22.7 Å². The van der Waals surface area contributed by atoms with Gasteiger partial charge in [0, 0.05) is 17.1 Å². The lowest BCUT2D eigenvalue weighted by atomic mass is 10.3. The van der Waals surface area contributed by atoms with Gasteiger partial charge < -0.3 is 9.51 Å². The molecule has 0 fully saturated rings. The van der Waals surface area contributed by atoms with Crippen LogP contribution < -0.4 is 0 Å². The molecule has 15 heavy (non-hydrogen) atoms. The van der Waals surface area contributed by atoms with Crippen molar-refractivity contribution in [3.05, 3.63) is 33.8 Å². The van der Waals surface area contributed by atoms with E-state index in [2.05, 4.69) is 20.9 Å². The van der Waals surface area contributed by atoms with Gasteiger partial charge in [-0.2, -0.15) is 0 Å². The van der Waals surface area contributed by atoms with Crippen LogP contribution in [-0.2, 0) is 6.42 Å². The summed E-state index contributed by atoms with van der Waals surface area (Å²) >= 11 is 9.38. The first-order valence-corrected chi connectivity index (χ1v) is 5.75. The molecule has 2 aromatic rings. The molecule has 0 amide bonds. The maximum Gasteiger partial charge on any atom is 0.155 e. The highest BCUT2D eigenvalue weighted by Crippen LogP contribution is 2.22. The molecule has 0 radical (unpaired) electrons. The minimum absolute atomic E-state index is 0.421. The van der Waals surface area contributed by atoms with Crippen LogP contribution in [0.3, 0.4) is 0 Å². The number of rotatable bonds is 2. The summed E-state index contributed by atoms with van der Waals surface area (Å²) in [5.41, 5.74) is 0.849. The quantitative estimate of drug-likeness (QED) is 0.923. The van der Waals surface area contributed by atoms with Crippen LogP contribution in [0.1, 0.15) is 12.7 Å². The van der Waals surface area contributed by atoms with E-state index in [0.29, 0.717) is 11.6 Å². The van der Waals surface area contributed by atoms with Crippen molar-refractivity contribution in [3.63, 3.8) is 0 Å². The molecule has 80 valence electrons. The molecule has 0 aromatic carbocycles. The van der Waals surface area contributed by atoms with Gasteiger partial charge >= 0.3 is 0 Å².